The summed E-state index contributed by atoms with van der Waals surface area (Å²) in [6.07, 6.45) is 1.63. The van der Waals surface area contributed by atoms with E-state index in [0.717, 1.165) is 16.6 Å². The molecule has 5 heteroatoms. The van der Waals surface area contributed by atoms with Crippen LogP contribution in [0.15, 0.2) is 22.7 Å². The van der Waals surface area contributed by atoms with Gasteiger partial charge in [-0.3, -0.25) is 0 Å². The molecule has 2 rings (SSSR count). The lowest BCUT2D eigenvalue weighted by molar-refractivity contribution is -0.0494. The third kappa shape index (κ3) is 4.71. The Hall–Kier alpha value is -0.550. The van der Waals surface area contributed by atoms with Crippen molar-refractivity contribution in [1.29, 1.82) is 0 Å². The molecule has 0 heterocycles. The molecule has 1 aliphatic rings. The Morgan fingerprint density at radius 1 is 1.33 bits per heavy atom. The zero-order valence-corrected chi connectivity index (χ0v) is 13.7. The van der Waals surface area contributed by atoms with Gasteiger partial charge in [0.05, 0.1) is 0 Å². The van der Waals surface area contributed by atoms with E-state index in [0.29, 0.717) is 19.3 Å². The molecule has 0 amide bonds. The molecule has 0 aliphatic heterocycles. The Labute approximate surface area is 132 Å². The third-order valence-electron chi connectivity index (χ3n) is 4.24. The standard InChI is InChI=1S/C16H21BrF3N/c1-2-21-15(11-5-7-16(19,20)8-6-11)10-12-9-13(18)3-4-14(12)17/h3-4,9,11,15,21H,2,5-8,10H2,1H3. The predicted molar refractivity (Wildman–Crippen MR) is 82.2 cm³/mol. The molecule has 1 saturated carbocycles. The third-order valence-corrected chi connectivity index (χ3v) is 5.02. The number of benzene rings is 1. The Morgan fingerprint density at radius 2 is 2.00 bits per heavy atom. The molecule has 1 aromatic carbocycles. The van der Waals surface area contributed by atoms with Crippen molar-refractivity contribution in [2.24, 2.45) is 5.92 Å². The maximum atomic E-state index is 13.4. The molecule has 1 N–H and O–H groups in total. The zero-order chi connectivity index (χ0) is 15.5. The average molecular weight is 364 g/mol. The lowest BCUT2D eigenvalue weighted by Gasteiger charge is -2.34. The second-order valence-electron chi connectivity index (χ2n) is 5.80. The van der Waals surface area contributed by atoms with Crippen LogP contribution in [0.3, 0.4) is 0 Å². The molecular weight excluding hydrogens is 343 g/mol. The Kier molecular flexibility index (Phi) is 5.72. The first kappa shape index (κ1) is 16.8. The summed E-state index contributed by atoms with van der Waals surface area (Å²) in [5.74, 6) is -2.55. The van der Waals surface area contributed by atoms with E-state index in [2.05, 4.69) is 21.2 Å². The molecule has 1 fully saturated rings. The maximum absolute atomic E-state index is 13.4. The van der Waals surface area contributed by atoms with Gasteiger partial charge in [0.2, 0.25) is 5.92 Å². The van der Waals surface area contributed by atoms with Crippen molar-refractivity contribution in [2.45, 2.75) is 51.0 Å². The SMILES string of the molecule is CCNC(Cc1cc(F)ccc1Br)C1CCC(F)(F)CC1. The van der Waals surface area contributed by atoms with Gasteiger partial charge < -0.3 is 5.32 Å². The number of nitrogens with one attached hydrogen (secondary N) is 1. The first-order valence-corrected chi connectivity index (χ1v) is 8.26. The van der Waals surface area contributed by atoms with Gasteiger partial charge in [-0.2, -0.15) is 0 Å². The summed E-state index contributed by atoms with van der Waals surface area (Å²) in [6, 6.07) is 4.75. The van der Waals surface area contributed by atoms with Gasteiger partial charge in [-0.15, -0.1) is 0 Å². The molecule has 1 atom stereocenters. The molecule has 0 aromatic heterocycles. The van der Waals surface area contributed by atoms with Gasteiger partial charge in [-0.1, -0.05) is 22.9 Å². The molecule has 0 spiro atoms. The van der Waals surface area contributed by atoms with Gasteiger partial charge in [-0.25, -0.2) is 13.2 Å². The van der Waals surface area contributed by atoms with Crippen molar-refractivity contribution in [3.63, 3.8) is 0 Å². The fourth-order valence-electron chi connectivity index (χ4n) is 3.07. The fourth-order valence-corrected chi connectivity index (χ4v) is 3.48. The van der Waals surface area contributed by atoms with Crippen LogP contribution < -0.4 is 5.32 Å². The van der Waals surface area contributed by atoms with Crippen molar-refractivity contribution in [2.75, 3.05) is 6.54 Å². The maximum Gasteiger partial charge on any atom is 0.248 e. The predicted octanol–water partition coefficient (Wildman–Crippen LogP) is 4.93. The smallest absolute Gasteiger partial charge is 0.248 e. The minimum absolute atomic E-state index is 0.0378. The number of rotatable bonds is 5. The molecule has 1 unspecified atom stereocenters. The first-order valence-electron chi connectivity index (χ1n) is 7.46. The molecule has 118 valence electrons. The number of hydrogen-bond donors (Lipinski definition) is 1. The highest BCUT2D eigenvalue weighted by atomic mass is 79.9. The summed E-state index contributed by atoms with van der Waals surface area (Å²) in [5, 5.41) is 3.39. The number of halogens is 4. The van der Waals surface area contributed by atoms with Crippen LogP contribution >= 0.6 is 15.9 Å². The van der Waals surface area contributed by atoms with Crippen LogP contribution in [0.4, 0.5) is 13.2 Å². The summed E-state index contributed by atoms with van der Waals surface area (Å²) in [6.45, 7) is 2.79. The summed E-state index contributed by atoms with van der Waals surface area (Å²) in [7, 11) is 0. The second-order valence-corrected chi connectivity index (χ2v) is 6.65. The minimum Gasteiger partial charge on any atom is -0.314 e. The molecule has 21 heavy (non-hydrogen) atoms. The van der Waals surface area contributed by atoms with Crippen LogP contribution in [0.1, 0.15) is 38.2 Å². The largest absolute Gasteiger partial charge is 0.314 e. The van der Waals surface area contributed by atoms with Crippen molar-refractivity contribution in [3.05, 3.63) is 34.1 Å². The van der Waals surface area contributed by atoms with Crippen LogP contribution in [0.2, 0.25) is 0 Å². The van der Waals surface area contributed by atoms with Gasteiger partial charge >= 0.3 is 0 Å². The summed E-state index contributed by atoms with van der Waals surface area (Å²) >= 11 is 3.44. The van der Waals surface area contributed by atoms with Crippen molar-refractivity contribution < 1.29 is 13.2 Å². The molecule has 1 nitrogen and oxygen atoms in total. The number of alkyl halides is 2. The van der Waals surface area contributed by atoms with Crippen molar-refractivity contribution in [1.82, 2.24) is 5.32 Å². The zero-order valence-electron chi connectivity index (χ0n) is 12.1. The highest BCUT2D eigenvalue weighted by Crippen LogP contribution is 2.38. The van der Waals surface area contributed by atoms with Crippen LogP contribution in [0.25, 0.3) is 0 Å². The van der Waals surface area contributed by atoms with E-state index in [4.69, 9.17) is 0 Å². The van der Waals surface area contributed by atoms with Gasteiger partial charge in [0.1, 0.15) is 5.82 Å². The average Bonchev–Trinajstić information content (AvgIpc) is 2.42. The van der Waals surface area contributed by atoms with Crippen LogP contribution in [0, 0.1) is 11.7 Å². The Balaban J connectivity index is 2.07. The Morgan fingerprint density at radius 3 is 2.62 bits per heavy atom. The van der Waals surface area contributed by atoms with E-state index in [9.17, 15) is 13.2 Å². The summed E-state index contributed by atoms with van der Waals surface area (Å²) in [5.41, 5.74) is 0.887. The van der Waals surface area contributed by atoms with Crippen LogP contribution in [0.5, 0.6) is 0 Å². The topological polar surface area (TPSA) is 12.0 Å². The van der Waals surface area contributed by atoms with Gasteiger partial charge in [0, 0.05) is 23.4 Å². The molecule has 0 saturated heterocycles. The second kappa shape index (κ2) is 7.14. The lowest BCUT2D eigenvalue weighted by atomic mass is 9.80. The Bertz CT molecular complexity index is 469. The molecule has 1 aliphatic carbocycles. The fraction of sp³-hybridized carbons (Fsp3) is 0.625. The van der Waals surface area contributed by atoms with Crippen LogP contribution in [-0.2, 0) is 6.42 Å². The minimum atomic E-state index is -2.51. The van der Waals surface area contributed by atoms with Gasteiger partial charge in [-0.05, 0) is 55.5 Å². The first-order chi connectivity index (χ1) is 9.91. The van der Waals surface area contributed by atoms with E-state index in [1.54, 1.807) is 6.07 Å². The van der Waals surface area contributed by atoms with E-state index in [-0.39, 0.29) is 30.6 Å². The highest BCUT2D eigenvalue weighted by molar-refractivity contribution is 9.10. The van der Waals surface area contributed by atoms with E-state index >= 15 is 0 Å². The molecular formula is C16H21BrF3N. The lowest BCUT2D eigenvalue weighted by Crippen LogP contribution is -2.41. The summed E-state index contributed by atoms with van der Waals surface area (Å²) < 4.78 is 40.8. The molecule has 0 radical (unpaired) electrons. The number of hydrogen-bond acceptors (Lipinski definition) is 1. The van der Waals surface area contributed by atoms with E-state index < -0.39 is 5.92 Å². The number of likely N-dealkylation sites (N-methyl/N-ethyl adjacent to an activating group) is 1. The normalized spacial score (nSPS) is 20.4. The van der Waals surface area contributed by atoms with Crippen LogP contribution in [-0.4, -0.2) is 18.5 Å². The summed E-state index contributed by atoms with van der Waals surface area (Å²) in [4.78, 5) is 0. The quantitative estimate of drug-likeness (QED) is 0.781. The van der Waals surface area contributed by atoms with Gasteiger partial charge in [0.25, 0.3) is 0 Å². The highest BCUT2D eigenvalue weighted by Gasteiger charge is 2.37. The molecule has 1 aromatic rings. The van der Waals surface area contributed by atoms with Crippen molar-refractivity contribution >= 4 is 15.9 Å². The molecule has 0 bridgehead atoms. The van der Waals surface area contributed by atoms with E-state index in [1.165, 1.54) is 12.1 Å². The monoisotopic (exact) mass is 363 g/mol. The van der Waals surface area contributed by atoms with Gasteiger partial charge in [0.15, 0.2) is 0 Å². The van der Waals surface area contributed by atoms with Crippen molar-refractivity contribution in [3.8, 4) is 0 Å². The van der Waals surface area contributed by atoms with E-state index in [1.807, 2.05) is 6.92 Å².